The van der Waals surface area contributed by atoms with Crippen LogP contribution in [-0.2, 0) is 13.0 Å². The van der Waals surface area contributed by atoms with Gasteiger partial charge in [0.05, 0.1) is 10.7 Å². The van der Waals surface area contributed by atoms with E-state index in [0.717, 1.165) is 40.2 Å². The van der Waals surface area contributed by atoms with E-state index in [0.29, 0.717) is 6.54 Å². The summed E-state index contributed by atoms with van der Waals surface area (Å²) in [4.78, 5) is 10.0. The van der Waals surface area contributed by atoms with Crippen molar-refractivity contribution >= 4 is 28.9 Å². The smallest absolute Gasteiger partial charge is 0.191 e. The van der Waals surface area contributed by atoms with Gasteiger partial charge in [-0.25, -0.2) is 4.98 Å². The summed E-state index contributed by atoms with van der Waals surface area (Å²) < 4.78 is 0. The first-order chi connectivity index (χ1) is 10.6. The maximum Gasteiger partial charge on any atom is 0.191 e. The van der Waals surface area contributed by atoms with Gasteiger partial charge in [-0.3, -0.25) is 4.99 Å². The lowest BCUT2D eigenvalue weighted by Gasteiger charge is -2.11. The number of thiazole rings is 1. The molecule has 0 bridgehead atoms. The summed E-state index contributed by atoms with van der Waals surface area (Å²) in [6, 6.07) is 7.81. The van der Waals surface area contributed by atoms with E-state index >= 15 is 0 Å². The van der Waals surface area contributed by atoms with Crippen molar-refractivity contribution in [2.45, 2.75) is 26.8 Å². The van der Waals surface area contributed by atoms with Gasteiger partial charge in [0.2, 0.25) is 0 Å². The molecule has 2 aromatic rings. The molecule has 2 N–H and O–H groups in total. The molecule has 0 radical (unpaired) electrons. The molecule has 0 fully saturated rings. The second-order valence-electron chi connectivity index (χ2n) is 4.97. The van der Waals surface area contributed by atoms with Crippen LogP contribution in [0.5, 0.6) is 0 Å². The van der Waals surface area contributed by atoms with Gasteiger partial charge in [0, 0.05) is 36.5 Å². The van der Waals surface area contributed by atoms with Crippen LogP contribution in [0.3, 0.4) is 0 Å². The van der Waals surface area contributed by atoms with Gasteiger partial charge in [-0.1, -0.05) is 23.7 Å². The van der Waals surface area contributed by atoms with Crippen molar-refractivity contribution in [3.8, 4) is 0 Å². The Hall–Kier alpha value is -1.59. The van der Waals surface area contributed by atoms with Crippen LogP contribution in [0.15, 0.2) is 29.3 Å². The standard InChI is InChI=1S/C16H21ClN4S/c1-11-15(22-12(2)21-11)7-8-19-16(18-3)20-10-13-5-4-6-14(17)9-13/h4-6,9H,7-8,10H2,1-3H3,(H2,18,19,20). The lowest BCUT2D eigenvalue weighted by molar-refractivity contribution is 0.796. The molecule has 0 aliphatic heterocycles. The van der Waals surface area contributed by atoms with Crippen molar-refractivity contribution < 1.29 is 0 Å². The van der Waals surface area contributed by atoms with E-state index in [4.69, 9.17) is 11.6 Å². The van der Waals surface area contributed by atoms with E-state index in [1.54, 1.807) is 18.4 Å². The number of aryl methyl sites for hydroxylation is 2. The van der Waals surface area contributed by atoms with Gasteiger partial charge in [-0.2, -0.15) is 0 Å². The number of rotatable bonds is 5. The molecule has 4 nitrogen and oxygen atoms in total. The molecule has 0 atom stereocenters. The largest absolute Gasteiger partial charge is 0.356 e. The molecular weight excluding hydrogens is 316 g/mol. The summed E-state index contributed by atoms with van der Waals surface area (Å²) in [5.74, 6) is 0.791. The normalized spacial score (nSPS) is 11.5. The molecule has 6 heteroatoms. The topological polar surface area (TPSA) is 49.3 Å². The number of benzene rings is 1. The molecular formula is C16H21ClN4S. The number of aliphatic imine (C=N–C) groups is 1. The molecule has 0 aliphatic carbocycles. The molecule has 0 amide bonds. The maximum absolute atomic E-state index is 5.98. The molecule has 0 saturated heterocycles. The Kier molecular flexibility index (Phi) is 6.21. The lowest BCUT2D eigenvalue weighted by atomic mass is 10.2. The highest BCUT2D eigenvalue weighted by Gasteiger charge is 2.05. The number of halogens is 1. The van der Waals surface area contributed by atoms with Crippen LogP contribution in [0, 0.1) is 13.8 Å². The minimum Gasteiger partial charge on any atom is -0.356 e. The van der Waals surface area contributed by atoms with Crippen LogP contribution in [0.4, 0.5) is 0 Å². The zero-order valence-corrected chi connectivity index (χ0v) is 14.7. The average Bonchev–Trinajstić information content (AvgIpc) is 2.80. The summed E-state index contributed by atoms with van der Waals surface area (Å²) in [6.07, 6.45) is 0.954. The quantitative estimate of drug-likeness (QED) is 0.650. The average molecular weight is 337 g/mol. The Morgan fingerprint density at radius 3 is 2.77 bits per heavy atom. The minimum atomic E-state index is 0.693. The highest BCUT2D eigenvalue weighted by Crippen LogP contribution is 2.17. The molecule has 0 saturated carbocycles. The van der Waals surface area contributed by atoms with Crippen molar-refractivity contribution in [1.29, 1.82) is 0 Å². The Bertz CT molecular complexity index is 651. The summed E-state index contributed by atoms with van der Waals surface area (Å²) >= 11 is 7.74. The van der Waals surface area contributed by atoms with Crippen molar-refractivity contribution in [1.82, 2.24) is 15.6 Å². The van der Waals surface area contributed by atoms with Crippen molar-refractivity contribution in [2.24, 2.45) is 4.99 Å². The number of hydrogen-bond donors (Lipinski definition) is 2. The summed E-state index contributed by atoms with van der Waals surface area (Å²) in [7, 11) is 1.77. The predicted octanol–water partition coefficient (Wildman–Crippen LogP) is 3.32. The third kappa shape index (κ3) is 5.00. The van der Waals surface area contributed by atoms with Crippen molar-refractivity contribution in [3.05, 3.63) is 50.4 Å². The first-order valence-corrected chi connectivity index (χ1v) is 8.40. The minimum absolute atomic E-state index is 0.693. The molecule has 118 valence electrons. The number of guanidine groups is 1. The highest BCUT2D eigenvalue weighted by molar-refractivity contribution is 7.11. The third-order valence-corrected chi connectivity index (χ3v) is 4.58. The van der Waals surface area contributed by atoms with E-state index in [9.17, 15) is 0 Å². The second-order valence-corrected chi connectivity index (χ2v) is 6.70. The van der Waals surface area contributed by atoms with E-state index in [-0.39, 0.29) is 0 Å². The Morgan fingerprint density at radius 2 is 2.14 bits per heavy atom. The molecule has 2 rings (SSSR count). The number of hydrogen-bond acceptors (Lipinski definition) is 3. The SMILES string of the molecule is CN=C(NCCc1sc(C)nc1C)NCc1cccc(Cl)c1. The van der Waals surface area contributed by atoms with Gasteiger partial charge in [-0.05, 0) is 31.5 Å². The van der Waals surface area contributed by atoms with Gasteiger partial charge in [-0.15, -0.1) is 11.3 Å². The molecule has 0 aliphatic rings. The van der Waals surface area contributed by atoms with Crippen molar-refractivity contribution in [3.63, 3.8) is 0 Å². The molecule has 1 aromatic heterocycles. The van der Waals surface area contributed by atoms with Crippen LogP contribution in [0.1, 0.15) is 21.1 Å². The first-order valence-electron chi connectivity index (χ1n) is 7.20. The summed E-state index contributed by atoms with van der Waals surface area (Å²) in [6.45, 7) is 5.63. The van der Waals surface area contributed by atoms with Crippen LogP contribution in [0.25, 0.3) is 0 Å². The van der Waals surface area contributed by atoms with Crippen LogP contribution >= 0.6 is 22.9 Å². The number of nitrogens with one attached hydrogen (secondary N) is 2. The van der Waals surface area contributed by atoms with Gasteiger partial charge in [0.1, 0.15) is 0 Å². The highest BCUT2D eigenvalue weighted by atomic mass is 35.5. The molecule has 22 heavy (non-hydrogen) atoms. The fraction of sp³-hybridized carbons (Fsp3) is 0.375. The monoisotopic (exact) mass is 336 g/mol. The summed E-state index contributed by atoms with van der Waals surface area (Å²) in [5.41, 5.74) is 2.26. The third-order valence-electron chi connectivity index (χ3n) is 3.22. The fourth-order valence-corrected chi connectivity index (χ4v) is 3.30. The van der Waals surface area contributed by atoms with E-state index in [1.165, 1.54) is 4.88 Å². The lowest BCUT2D eigenvalue weighted by Crippen LogP contribution is -2.37. The van der Waals surface area contributed by atoms with Gasteiger partial charge < -0.3 is 10.6 Å². The van der Waals surface area contributed by atoms with Crippen LogP contribution in [-0.4, -0.2) is 24.5 Å². The molecule has 0 unspecified atom stereocenters. The Labute approximate surface area is 140 Å². The zero-order chi connectivity index (χ0) is 15.9. The van der Waals surface area contributed by atoms with Gasteiger partial charge in [0.25, 0.3) is 0 Å². The first kappa shape index (κ1) is 16.8. The second kappa shape index (κ2) is 8.15. The van der Waals surface area contributed by atoms with E-state index < -0.39 is 0 Å². The number of nitrogens with zero attached hydrogens (tertiary/aromatic N) is 2. The maximum atomic E-state index is 5.98. The summed E-state index contributed by atoms with van der Waals surface area (Å²) in [5, 5.41) is 8.48. The van der Waals surface area contributed by atoms with Gasteiger partial charge in [0.15, 0.2) is 5.96 Å². The Balaban J connectivity index is 1.79. The van der Waals surface area contributed by atoms with E-state index in [1.807, 2.05) is 31.2 Å². The Morgan fingerprint density at radius 1 is 1.32 bits per heavy atom. The molecule has 0 spiro atoms. The van der Waals surface area contributed by atoms with Gasteiger partial charge >= 0.3 is 0 Å². The molecule has 1 heterocycles. The van der Waals surface area contributed by atoms with E-state index in [2.05, 4.69) is 27.5 Å². The zero-order valence-electron chi connectivity index (χ0n) is 13.1. The number of aromatic nitrogens is 1. The van der Waals surface area contributed by atoms with Crippen molar-refractivity contribution in [2.75, 3.05) is 13.6 Å². The predicted molar refractivity (Wildman–Crippen MR) is 94.9 cm³/mol. The van der Waals surface area contributed by atoms with Crippen LogP contribution < -0.4 is 10.6 Å². The fourth-order valence-electron chi connectivity index (χ4n) is 2.15. The van der Waals surface area contributed by atoms with Crippen LogP contribution in [0.2, 0.25) is 5.02 Å². The molecule has 1 aromatic carbocycles.